The van der Waals surface area contributed by atoms with Gasteiger partial charge in [-0.15, -0.1) is 0 Å². The average Bonchev–Trinajstić information content (AvgIpc) is 3.41. The van der Waals surface area contributed by atoms with Crippen molar-refractivity contribution in [3.05, 3.63) is 40.9 Å². The zero-order valence-corrected chi connectivity index (χ0v) is 15.8. The minimum absolute atomic E-state index is 0.164. The Morgan fingerprint density at radius 2 is 1.62 bits per heavy atom. The lowest BCUT2D eigenvalue weighted by Gasteiger charge is -2.37. The molecule has 1 aliphatic heterocycles. The molecule has 2 bridgehead atoms. The zero-order valence-electron chi connectivity index (χ0n) is 14.3. The largest absolute Gasteiger partial charge is 0.324 e. The number of carbonyl (C=O) groups is 3. The van der Waals surface area contributed by atoms with Gasteiger partial charge in [0.25, 0.3) is 0 Å². The van der Waals surface area contributed by atoms with E-state index in [1.54, 1.807) is 19.1 Å². The molecule has 1 heterocycles. The highest BCUT2D eigenvalue weighted by atomic mass is 79.9. The van der Waals surface area contributed by atoms with Crippen LogP contribution in [0, 0.1) is 35.5 Å². The van der Waals surface area contributed by atoms with Crippen LogP contribution in [0.4, 0.5) is 5.69 Å². The van der Waals surface area contributed by atoms with Gasteiger partial charge in [0.15, 0.2) is 0 Å². The Labute approximate surface area is 159 Å². The van der Waals surface area contributed by atoms with Crippen molar-refractivity contribution >= 4 is 39.3 Å². The molecule has 1 saturated heterocycles. The number of carbonyl (C=O) groups excluding carboxylic acids is 3. The molecule has 4 aliphatic carbocycles. The van der Waals surface area contributed by atoms with Gasteiger partial charge >= 0.3 is 0 Å². The lowest BCUT2D eigenvalue weighted by molar-refractivity contribution is -0.146. The predicted octanol–water partition coefficient (Wildman–Crippen LogP) is 2.83. The Hall–Kier alpha value is -1.95. The summed E-state index contributed by atoms with van der Waals surface area (Å²) in [5.74, 6) is 0.305. The van der Waals surface area contributed by atoms with Crippen LogP contribution in [0.2, 0.25) is 0 Å². The van der Waals surface area contributed by atoms with Crippen molar-refractivity contribution < 1.29 is 14.4 Å². The van der Waals surface area contributed by atoms with Gasteiger partial charge in [-0.1, -0.05) is 28.1 Å². The quantitative estimate of drug-likeness (QED) is 0.610. The number of amides is 3. The van der Waals surface area contributed by atoms with Gasteiger partial charge in [0.2, 0.25) is 17.7 Å². The monoisotopic (exact) mass is 414 g/mol. The molecular weight excluding hydrogens is 396 g/mol. The van der Waals surface area contributed by atoms with E-state index < -0.39 is 6.04 Å². The zero-order chi connectivity index (χ0) is 18.2. The highest BCUT2D eigenvalue weighted by Crippen LogP contribution is 2.65. The second-order valence-electron chi connectivity index (χ2n) is 7.87. The fourth-order valence-corrected chi connectivity index (χ4v) is 5.52. The van der Waals surface area contributed by atoms with E-state index in [1.807, 2.05) is 12.1 Å². The summed E-state index contributed by atoms with van der Waals surface area (Å²) in [6.45, 7) is 1.64. The maximum absolute atomic E-state index is 13.0. The van der Waals surface area contributed by atoms with Crippen LogP contribution in [0.3, 0.4) is 0 Å². The van der Waals surface area contributed by atoms with E-state index in [2.05, 4.69) is 33.4 Å². The number of hydrogen-bond donors (Lipinski definition) is 1. The number of likely N-dealkylation sites (tertiary alicyclic amines) is 1. The molecule has 1 N–H and O–H groups in total. The van der Waals surface area contributed by atoms with Gasteiger partial charge in [0.1, 0.15) is 6.04 Å². The third kappa shape index (κ3) is 2.17. The molecule has 6 rings (SSSR count). The van der Waals surface area contributed by atoms with E-state index >= 15 is 0 Å². The van der Waals surface area contributed by atoms with E-state index in [1.165, 1.54) is 4.90 Å². The Kier molecular flexibility index (Phi) is 3.45. The van der Waals surface area contributed by atoms with Crippen molar-refractivity contribution in [2.75, 3.05) is 5.32 Å². The maximum Gasteiger partial charge on any atom is 0.247 e. The number of nitrogens with one attached hydrogen (secondary N) is 1. The van der Waals surface area contributed by atoms with Crippen molar-refractivity contribution in [1.29, 1.82) is 0 Å². The number of anilines is 1. The topological polar surface area (TPSA) is 66.5 Å². The summed E-state index contributed by atoms with van der Waals surface area (Å²) in [5, 5.41) is 2.80. The van der Waals surface area contributed by atoms with E-state index in [0.717, 1.165) is 10.9 Å². The Morgan fingerprint density at radius 3 is 2.15 bits per heavy atom. The molecular formula is C20H19BrN2O3. The SMILES string of the molecule is C[C@H](C(=O)Nc1ccc(Br)cc1)N1C(=O)[C@H]2[C@@H]3C=C[C@H]([C@H]4C[C@H]34)[C@@H]2C1=O. The van der Waals surface area contributed by atoms with Gasteiger partial charge in [-0.3, -0.25) is 19.3 Å². The fraction of sp³-hybridized carbons (Fsp3) is 0.450. The van der Waals surface area contributed by atoms with Gasteiger partial charge in [0, 0.05) is 10.2 Å². The van der Waals surface area contributed by atoms with Crippen LogP contribution in [-0.4, -0.2) is 28.7 Å². The molecule has 0 spiro atoms. The molecule has 0 aromatic heterocycles. The number of rotatable bonds is 3. The summed E-state index contributed by atoms with van der Waals surface area (Å²) in [7, 11) is 0. The number of halogens is 1. The molecule has 26 heavy (non-hydrogen) atoms. The second-order valence-corrected chi connectivity index (χ2v) is 8.79. The standard InChI is InChI=1S/C20H19BrN2O3/c1-9(18(24)22-11-4-2-10(21)3-5-11)23-19(25)16-12-6-7-13(15-8-14(12)15)17(16)20(23)26/h2-7,9,12-17H,8H2,1H3,(H,22,24)/t9-,12-,13-,14-,15-,16+,17+/m1/s1. The first-order valence-corrected chi connectivity index (χ1v) is 9.88. The molecule has 0 radical (unpaired) electrons. The predicted molar refractivity (Wildman–Crippen MR) is 98.8 cm³/mol. The molecule has 3 amide bonds. The Morgan fingerprint density at radius 1 is 1.08 bits per heavy atom. The first kappa shape index (κ1) is 16.2. The number of nitrogens with zero attached hydrogens (tertiary/aromatic N) is 1. The van der Waals surface area contributed by atoms with E-state index in [4.69, 9.17) is 0 Å². The summed E-state index contributed by atoms with van der Waals surface area (Å²) in [6.07, 6.45) is 5.41. The molecule has 5 nitrogen and oxygen atoms in total. The van der Waals surface area contributed by atoms with Gasteiger partial charge in [0.05, 0.1) is 11.8 Å². The molecule has 7 atom stereocenters. The summed E-state index contributed by atoms with van der Waals surface area (Å²) in [6, 6.07) is 6.41. The summed E-state index contributed by atoms with van der Waals surface area (Å²) in [5.41, 5.74) is 0.643. The number of imide groups is 1. The van der Waals surface area contributed by atoms with Crippen molar-refractivity contribution in [3.63, 3.8) is 0 Å². The second kappa shape index (κ2) is 5.52. The average molecular weight is 415 g/mol. The van der Waals surface area contributed by atoms with Gasteiger partial charge in [-0.2, -0.15) is 0 Å². The van der Waals surface area contributed by atoms with Crippen molar-refractivity contribution in [2.24, 2.45) is 35.5 Å². The van der Waals surface area contributed by atoms with Crippen LogP contribution < -0.4 is 5.32 Å². The minimum Gasteiger partial charge on any atom is -0.324 e. The number of benzene rings is 1. The Balaban J connectivity index is 1.37. The first-order chi connectivity index (χ1) is 12.5. The van der Waals surface area contributed by atoms with Crippen LogP contribution in [-0.2, 0) is 14.4 Å². The molecule has 1 aromatic carbocycles. The normalized spacial score (nSPS) is 37.4. The van der Waals surface area contributed by atoms with Crippen LogP contribution in [0.1, 0.15) is 13.3 Å². The van der Waals surface area contributed by atoms with Gasteiger partial charge < -0.3 is 5.32 Å². The maximum atomic E-state index is 13.0. The third-order valence-electron chi connectivity index (χ3n) is 6.58. The fourth-order valence-electron chi connectivity index (χ4n) is 5.26. The third-order valence-corrected chi connectivity index (χ3v) is 7.10. The van der Waals surface area contributed by atoms with Crippen molar-refractivity contribution in [3.8, 4) is 0 Å². The van der Waals surface area contributed by atoms with Crippen molar-refractivity contribution in [1.82, 2.24) is 4.90 Å². The molecule has 2 saturated carbocycles. The van der Waals surface area contributed by atoms with Crippen molar-refractivity contribution in [2.45, 2.75) is 19.4 Å². The van der Waals surface area contributed by atoms with E-state index in [0.29, 0.717) is 17.5 Å². The molecule has 5 aliphatic rings. The van der Waals surface area contributed by atoms with Crippen LogP contribution in [0.5, 0.6) is 0 Å². The van der Waals surface area contributed by atoms with Crippen LogP contribution in [0.15, 0.2) is 40.9 Å². The number of allylic oxidation sites excluding steroid dienone is 2. The molecule has 134 valence electrons. The van der Waals surface area contributed by atoms with E-state index in [-0.39, 0.29) is 41.4 Å². The summed E-state index contributed by atoms with van der Waals surface area (Å²) in [4.78, 5) is 39.9. The smallest absolute Gasteiger partial charge is 0.247 e. The molecule has 1 aromatic rings. The Bertz CT molecular complexity index is 813. The van der Waals surface area contributed by atoms with Crippen LogP contribution in [0.25, 0.3) is 0 Å². The highest BCUT2D eigenvalue weighted by Gasteiger charge is 2.67. The van der Waals surface area contributed by atoms with E-state index in [9.17, 15) is 14.4 Å². The van der Waals surface area contributed by atoms with Crippen LogP contribution >= 0.6 is 15.9 Å². The lowest BCUT2D eigenvalue weighted by Crippen LogP contribution is -2.46. The minimum atomic E-state index is -0.806. The lowest BCUT2D eigenvalue weighted by atomic mass is 9.63. The molecule has 6 heteroatoms. The van der Waals surface area contributed by atoms with Gasteiger partial charge in [-0.05, 0) is 61.3 Å². The first-order valence-electron chi connectivity index (χ1n) is 9.09. The summed E-state index contributed by atoms with van der Waals surface area (Å²) < 4.78 is 0.916. The molecule has 0 unspecified atom stereocenters. The molecule has 3 fully saturated rings. The highest BCUT2D eigenvalue weighted by molar-refractivity contribution is 9.10. The summed E-state index contributed by atoms with van der Waals surface area (Å²) >= 11 is 3.35. The number of hydrogen-bond acceptors (Lipinski definition) is 3. The van der Waals surface area contributed by atoms with Gasteiger partial charge in [-0.25, -0.2) is 0 Å².